The molecule has 61 heavy (non-hydrogen) atoms. The third-order valence-corrected chi connectivity index (χ3v) is 13.5. The van der Waals surface area contributed by atoms with Crippen LogP contribution in [0.4, 0.5) is 5.69 Å². The van der Waals surface area contributed by atoms with E-state index in [9.17, 15) is 28.8 Å². The highest BCUT2D eigenvalue weighted by molar-refractivity contribution is 7.49. The van der Waals surface area contributed by atoms with Crippen molar-refractivity contribution >= 4 is 37.2 Å². The zero-order chi connectivity index (χ0) is 44.8. The predicted molar refractivity (Wildman–Crippen MR) is 227 cm³/mol. The van der Waals surface area contributed by atoms with Gasteiger partial charge in [0.05, 0.1) is 43.8 Å². The average molecular weight is 874 g/mol. The van der Waals surface area contributed by atoms with E-state index in [0.29, 0.717) is 23.5 Å². The number of nitrogens with one attached hydrogen (secondary N) is 2. The second-order valence-electron chi connectivity index (χ2n) is 18.3. The van der Waals surface area contributed by atoms with Crippen LogP contribution in [0.15, 0.2) is 30.3 Å². The topological polar surface area (TPSA) is 220 Å². The van der Waals surface area contributed by atoms with Crippen molar-refractivity contribution in [2.75, 3.05) is 45.4 Å². The molecule has 5 N–H and O–H groups in total. The molecule has 5 rings (SSSR count). The van der Waals surface area contributed by atoms with Crippen LogP contribution in [0.25, 0.3) is 0 Å². The van der Waals surface area contributed by atoms with Crippen LogP contribution in [0.3, 0.4) is 0 Å². The minimum absolute atomic E-state index is 0.0334. The van der Waals surface area contributed by atoms with E-state index >= 15 is 0 Å². The van der Waals surface area contributed by atoms with Gasteiger partial charge in [-0.15, -0.1) is 0 Å². The third kappa shape index (κ3) is 12.7. The molecular weight excluding hydrogens is 809 g/mol. The summed E-state index contributed by atoms with van der Waals surface area (Å²) in [5.74, 6) is -0.949. The number of esters is 1. The second-order valence-corrected chi connectivity index (χ2v) is 19.7. The molecule has 5 atom stereocenters. The van der Waals surface area contributed by atoms with Crippen molar-refractivity contribution in [3.8, 4) is 17.2 Å². The fourth-order valence-electron chi connectivity index (χ4n) is 9.06. The number of nitrogens with two attached hydrogens (primary N) is 1. The maximum Gasteiger partial charge on any atom is 0.531 e. The SMILES string of the molecule is COc1ccc(NC(=O)CCC(=O)NCCOCCOCC(=O)OC2CCC3C4CCc5cc(OP(=O)(OC(C)(C)C)OC(C)(C)C)ccc5C4CCC23C)c(O)c1C(N)=O. The number of hydrogen-bond acceptors (Lipinski definition) is 13. The third-order valence-electron chi connectivity index (χ3n) is 11.5. The Kier molecular flexibility index (Phi) is 15.6. The first-order valence-corrected chi connectivity index (χ1v) is 22.5. The van der Waals surface area contributed by atoms with Gasteiger partial charge in [-0.1, -0.05) is 13.0 Å². The number of hydrogen-bond donors (Lipinski definition) is 4. The standard InChI is InChI=1S/C44H64N3O13P/c1-42(2,3)59-61(53,60-43(4,5)6)58-28-10-12-29-27(25-28)9-11-31-30(29)19-20-44(7)32(31)13-16-35(44)57-38(50)26-56-24-23-55-22-21-46-36(48)17-18-37(49)47-33-14-15-34(54-8)39(40(33)51)41(45)52/h10,12,14-15,25,30-32,35,51H,9,11,13,16-24,26H2,1-8H3,(H2,45,52)(H,46,48)(H,47,49). The number of aryl methyl sites for hydroxylation is 1. The van der Waals surface area contributed by atoms with Gasteiger partial charge in [0.25, 0.3) is 5.91 Å². The molecule has 2 fully saturated rings. The summed E-state index contributed by atoms with van der Waals surface area (Å²) in [5.41, 5.74) is 5.93. The number of amides is 3. The molecule has 0 aliphatic heterocycles. The zero-order valence-electron chi connectivity index (χ0n) is 36.8. The van der Waals surface area contributed by atoms with Crippen LogP contribution in [0.1, 0.15) is 121 Å². The van der Waals surface area contributed by atoms with Gasteiger partial charge in [0, 0.05) is 24.8 Å². The Labute approximate surface area is 358 Å². The van der Waals surface area contributed by atoms with Crippen molar-refractivity contribution in [1.82, 2.24) is 5.32 Å². The number of carbonyl (C=O) groups excluding carboxylic acids is 4. The Bertz CT molecular complexity index is 1940. The molecule has 2 aromatic carbocycles. The Morgan fingerprint density at radius 2 is 1.59 bits per heavy atom. The molecule has 3 aliphatic carbocycles. The first-order chi connectivity index (χ1) is 28.6. The van der Waals surface area contributed by atoms with E-state index in [-0.39, 0.29) is 80.2 Å². The molecule has 2 saturated carbocycles. The molecule has 3 amide bonds. The van der Waals surface area contributed by atoms with Crippen LogP contribution >= 0.6 is 7.82 Å². The number of fused-ring (bicyclic) bond motifs is 5. The van der Waals surface area contributed by atoms with E-state index in [1.807, 2.05) is 53.7 Å². The number of benzene rings is 2. The molecule has 16 nitrogen and oxygen atoms in total. The number of carbonyl (C=O) groups is 4. The number of phenols is 1. The summed E-state index contributed by atoms with van der Waals surface area (Å²) >= 11 is 0. The number of methoxy groups -OCH3 is 1. The van der Waals surface area contributed by atoms with E-state index in [2.05, 4.69) is 23.6 Å². The minimum atomic E-state index is -3.92. The first kappa shape index (κ1) is 47.8. The van der Waals surface area contributed by atoms with E-state index in [1.54, 1.807) is 0 Å². The number of phosphoric acid groups is 1. The Hall–Kier alpha value is -4.21. The number of primary amides is 1. The molecular formula is C44H64N3O13P. The van der Waals surface area contributed by atoms with Gasteiger partial charge in [0.1, 0.15) is 29.8 Å². The molecule has 17 heteroatoms. The highest BCUT2D eigenvalue weighted by atomic mass is 31.2. The molecule has 0 bridgehead atoms. The molecule has 338 valence electrons. The Morgan fingerprint density at radius 1 is 0.902 bits per heavy atom. The maximum absolute atomic E-state index is 13.8. The van der Waals surface area contributed by atoms with Crippen molar-refractivity contribution in [1.29, 1.82) is 0 Å². The highest BCUT2D eigenvalue weighted by Gasteiger charge is 2.56. The van der Waals surface area contributed by atoms with Crippen molar-refractivity contribution in [3.63, 3.8) is 0 Å². The van der Waals surface area contributed by atoms with E-state index < -0.39 is 42.6 Å². The predicted octanol–water partition coefficient (Wildman–Crippen LogP) is 6.95. The smallest absolute Gasteiger partial charge is 0.505 e. The summed E-state index contributed by atoms with van der Waals surface area (Å²) in [6.45, 7) is 13.8. The molecule has 0 heterocycles. The van der Waals surface area contributed by atoms with Crippen molar-refractivity contribution in [2.45, 2.75) is 123 Å². The van der Waals surface area contributed by atoms with Gasteiger partial charge in [-0.05, 0) is 133 Å². The number of phosphoric ester groups is 1. The first-order valence-electron chi connectivity index (χ1n) is 21.1. The molecule has 0 aromatic heterocycles. The van der Waals surface area contributed by atoms with Crippen molar-refractivity contribution in [2.24, 2.45) is 23.0 Å². The van der Waals surface area contributed by atoms with Crippen molar-refractivity contribution < 1.29 is 61.4 Å². The summed E-state index contributed by atoms with van der Waals surface area (Å²) in [6.07, 6.45) is 5.16. The van der Waals surface area contributed by atoms with Gasteiger partial charge in [0.2, 0.25) is 11.8 Å². The van der Waals surface area contributed by atoms with Crippen LogP contribution < -0.4 is 25.6 Å². The monoisotopic (exact) mass is 873 g/mol. The van der Waals surface area contributed by atoms with Gasteiger partial charge < -0.3 is 44.9 Å². The lowest BCUT2D eigenvalue weighted by molar-refractivity contribution is -0.163. The lowest BCUT2D eigenvalue weighted by Crippen LogP contribution is -2.45. The molecule has 3 aliphatic rings. The fourth-order valence-corrected chi connectivity index (χ4v) is 10.9. The Morgan fingerprint density at radius 3 is 2.26 bits per heavy atom. The molecule has 0 radical (unpaired) electrons. The summed E-state index contributed by atoms with van der Waals surface area (Å²) in [4.78, 5) is 49.1. The van der Waals surface area contributed by atoms with E-state index in [4.69, 9.17) is 38.3 Å². The zero-order valence-corrected chi connectivity index (χ0v) is 37.7. The van der Waals surface area contributed by atoms with Crippen LogP contribution in [0.5, 0.6) is 17.2 Å². The van der Waals surface area contributed by atoms with Gasteiger partial charge in [-0.25, -0.2) is 9.36 Å². The summed E-state index contributed by atoms with van der Waals surface area (Å²) in [6, 6.07) is 8.72. The normalized spacial score (nSPS) is 22.3. The van der Waals surface area contributed by atoms with Gasteiger partial charge in [0.15, 0.2) is 5.75 Å². The van der Waals surface area contributed by atoms with Crippen molar-refractivity contribution in [3.05, 3.63) is 47.0 Å². The maximum atomic E-state index is 13.8. The largest absolute Gasteiger partial charge is 0.531 e. The van der Waals surface area contributed by atoms with Crippen LogP contribution in [-0.4, -0.2) is 86.2 Å². The Balaban J connectivity index is 0.986. The number of ether oxygens (including phenoxy) is 4. The molecule has 0 spiro atoms. The quantitative estimate of drug-likeness (QED) is 0.0486. The van der Waals surface area contributed by atoms with E-state index in [1.165, 1.54) is 30.4 Å². The summed E-state index contributed by atoms with van der Waals surface area (Å²) in [5, 5.41) is 15.5. The number of rotatable bonds is 19. The van der Waals surface area contributed by atoms with Gasteiger partial charge in [-0.2, -0.15) is 0 Å². The minimum Gasteiger partial charge on any atom is -0.505 e. The molecule has 2 aromatic rings. The van der Waals surface area contributed by atoms with E-state index in [0.717, 1.165) is 38.5 Å². The lowest BCUT2D eigenvalue weighted by Gasteiger charge is -2.50. The number of anilines is 1. The summed E-state index contributed by atoms with van der Waals surface area (Å²) < 4.78 is 53.6. The summed E-state index contributed by atoms with van der Waals surface area (Å²) in [7, 11) is -2.61. The van der Waals surface area contributed by atoms with Crippen LogP contribution in [0.2, 0.25) is 0 Å². The van der Waals surface area contributed by atoms with Crippen LogP contribution in [0, 0.1) is 17.3 Å². The number of aromatic hydroxyl groups is 1. The van der Waals surface area contributed by atoms with Gasteiger partial charge in [-0.3, -0.25) is 23.4 Å². The molecule has 0 saturated heterocycles. The van der Waals surface area contributed by atoms with Gasteiger partial charge >= 0.3 is 13.8 Å². The second kappa shape index (κ2) is 19.9. The average Bonchev–Trinajstić information content (AvgIpc) is 3.48. The van der Waals surface area contributed by atoms with Crippen LogP contribution in [-0.2, 0) is 48.6 Å². The molecule has 5 unspecified atom stereocenters. The lowest BCUT2D eigenvalue weighted by atomic mass is 9.55. The fraction of sp³-hybridized carbons (Fsp3) is 0.636. The highest BCUT2D eigenvalue weighted by Crippen LogP contribution is 2.62.